The number of alkyl halides is 3. The van der Waals surface area contributed by atoms with Crippen molar-refractivity contribution in [2.45, 2.75) is 17.3 Å². The van der Waals surface area contributed by atoms with E-state index in [9.17, 15) is 21.6 Å². The number of hydrogen-bond donors (Lipinski definition) is 1. The van der Waals surface area contributed by atoms with Crippen molar-refractivity contribution < 1.29 is 26.3 Å². The maximum Gasteiger partial charge on any atom is 0.411 e. The van der Waals surface area contributed by atoms with Crippen LogP contribution in [0.3, 0.4) is 0 Å². The number of hydrogen-bond acceptors (Lipinski definition) is 4. The van der Waals surface area contributed by atoms with Gasteiger partial charge in [-0.3, -0.25) is 0 Å². The summed E-state index contributed by atoms with van der Waals surface area (Å²) in [5.74, 6) is 0. The molecule has 4 nitrogen and oxygen atoms in total. The molecular weight excluding hydrogens is 371 g/mol. The minimum Gasteiger partial charge on any atom is -0.371 e. The second-order valence-corrected chi connectivity index (χ2v) is 7.95. The summed E-state index contributed by atoms with van der Waals surface area (Å²) in [7, 11) is -3.70. The molecule has 0 aliphatic carbocycles. The highest BCUT2D eigenvalue weighted by molar-refractivity contribution is 9.11. The molecule has 1 heterocycles. The van der Waals surface area contributed by atoms with E-state index in [0.29, 0.717) is 3.79 Å². The summed E-state index contributed by atoms with van der Waals surface area (Å²) in [6.45, 7) is -0.207. The average Bonchev–Trinajstić information content (AvgIpc) is 2.58. The summed E-state index contributed by atoms with van der Waals surface area (Å²) in [4.78, 5) is 0. The third kappa shape index (κ3) is 5.78. The van der Waals surface area contributed by atoms with Crippen molar-refractivity contribution in [2.75, 3.05) is 19.8 Å². The molecule has 1 aromatic rings. The van der Waals surface area contributed by atoms with E-state index < -0.39 is 22.8 Å². The van der Waals surface area contributed by atoms with Gasteiger partial charge in [0.2, 0.25) is 10.0 Å². The van der Waals surface area contributed by atoms with Crippen molar-refractivity contribution in [2.24, 2.45) is 0 Å². The van der Waals surface area contributed by atoms with Gasteiger partial charge in [-0.05, 0) is 34.5 Å². The average molecular weight is 382 g/mol. The monoisotopic (exact) mass is 381 g/mol. The van der Waals surface area contributed by atoms with Crippen molar-refractivity contribution in [3.63, 3.8) is 0 Å². The van der Waals surface area contributed by atoms with Gasteiger partial charge in [0.05, 0.1) is 10.4 Å². The standard InChI is InChI=1S/C9H11BrF3NO3S2/c1-6-4-7(18-8(6)10)19(15,16)14-2-3-17-5-9(11,12)13/h4,14H,2-3,5H2,1H3. The summed E-state index contributed by atoms with van der Waals surface area (Å²) >= 11 is 4.23. The molecule has 0 aliphatic rings. The van der Waals surface area contributed by atoms with Crippen LogP contribution in [-0.2, 0) is 14.8 Å². The Balaban J connectivity index is 2.44. The lowest BCUT2D eigenvalue weighted by Gasteiger charge is -2.08. The van der Waals surface area contributed by atoms with E-state index in [2.05, 4.69) is 25.4 Å². The minimum absolute atomic E-state index is 0.104. The molecule has 0 bridgehead atoms. The molecule has 0 spiro atoms. The number of sulfonamides is 1. The Morgan fingerprint density at radius 3 is 2.58 bits per heavy atom. The van der Waals surface area contributed by atoms with Crippen LogP contribution in [0.15, 0.2) is 14.1 Å². The zero-order valence-corrected chi connectivity index (χ0v) is 13.0. The predicted octanol–water partition coefficient (Wildman–Crippen LogP) is 2.68. The van der Waals surface area contributed by atoms with E-state index in [-0.39, 0.29) is 17.4 Å². The summed E-state index contributed by atoms with van der Waals surface area (Å²) in [5, 5.41) is 0. The molecule has 1 rings (SSSR count). The smallest absolute Gasteiger partial charge is 0.371 e. The van der Waals surface area contributed by atoms with Gasteiger partial charge >= 0.3 is 6.18 Å². The third-order valence-corrected chi connectivity index (χ3v) is 5.97. The second-order valence-electron chi connectivity index (χ2n) is 3.59. The molecule has 0 saturated carbocycles. The molecule has 1 N–H and O–H groups in total. The molecule has 0 aromatic carbocycles. The molecule has 10 heteroatoms. The van der Waals surface area contributed by atoms with Gasteiger partial charge in [-0.1, -0.05) is 0 Å². The van der Waals surface area contributed by atoms with Crippen molar-refractivity contribution in [3.05, 3.63) is 15.4 Å². The van der Waals surface area contributed by atoms with Gasteiger partial charge in [0.25, 0.3) is 0 Å². The second kappa shape index (κ2) is 6.53. The van der Waals surface area contributed by atoms with E-state index in [0.717, 1.165) is 16.9 Å². The fraction of sp³-hybridized carbons (Fsp3) is 0.556. The molecule has 0 fully saturated rings. The van der Waals surface area contributed by atoms with E-state index in [1.165, 1.54) is 6.07 Å². The first kappa shape index (κ1) is 16.9. The van der Waals surface area contributed by atoms with Gasteiger partial charge in [0.1, 0.15) is 10.8 Å². The molecule has 0 unspecified atom stereocenters. The normalized spacial score (nSPS) is 12.9. The lowest BCUT2D eigenvalue weighted by atomic mass is 10.4. The minimum atomic E-state index is -4.41. The molecule has 0 saturated heterocycles. The van der Waals surface area contributed by atoms with Crippen molar-refractivity contribution in [1.82, 2.24) is 4.72 Å². The van der Waals surface area contributed by atoms with E-state index in [1.54, 1.807) is 6.92 Å². The number of aryl methyl sites for hydroxylation is 1. The number of rotatable bonds is 6. The molecular formula is C9H11BrF3NO3S2. The van der Waals surface area contributed by atoms with Gasteiger partial charge < -0.3 is 4.74 Å². The Labute approximate surface area is 121 Å². The fourth-order valence-corrected chi connectivity index (χ4v) is 4.35. The highest BCUT2D eigenvalue weighted by Gasteiger charge is 2.27. The summed E-state index contributed by atoms with van der Waals surface area (Å²) in [6, 6.07) is 1.48. The van der Waals surface area contributed by atoms with E-state index in [4.69, 9.17) is 0 Å². The van der Waals surface area contributed by atoms with Crippen molar-refractivity contribution in [3.8, 4) is 0 Å². The SMILES string of the molecule is Cc1cc(S(=O)(=O)NCCOCC(F)(F)F)sc1Br. The van der Waals surface area contributed by atoms with Crippen LogP contribution >= 0.6 is 27.3 Å². The molecule has 1 aromatic heterocycles. The van der Waals surface area contributed by atoms with Crippen LogP contribution in [-0.4, -0.2) is 34.4 Å². The zero-order valence-electron chi connectivity index (χ0n) is 9.75. The fourth-order valence-electron chi connectivity index (χ4n) is 1.07. The Morgan fingerprint density at radius 1 is 1.47 bits per heavy atom. The topological polar surface area (TPSA) is 55.4 Å². The van der Waals surface area contributed by atoms with Crippen LogP contribution in [0.2, 0.25) is 0 Å². The predicted molar refractivity (Wildman–Crippen MR) is 68.8 cm³/mol. The maximum atomic E-state index is 11.8. The van der Waals surface area contributed by atoms with Crippen LogP contribution in [0.1, 0.15) is 5.56 Å². The van der Waals surface area contributed by atoms with Gasteiger partial charge in [-0.15, -0.1) is 11.3 Å². The number of ether oxygens (including phenoxy) is 1. The van der Waals surface area contributed by atoms with Gasteiger partial charge in [0, 0.05) is 6.54 Å². The van der Waals surface area contributed by atoms with Crippen LogP contribution in [0.25, 0.3) is 0 Å². The van der Waals surface area contributed by atoms with E-state index in [1.807, 2.05) is 0 Å². The quantitative estimate of drug-likeness (QED) is 0.770. The summed E-state index contributed by atoms with van der Waals surface area (Å²) in [6.07, 6.45) is -4.41. The first-order chi connectivity index (χ1) is 8.62. The maximum absolute atomic E-state index is 11.8. The van der Waals surface area contributed by atoms with Crippen LogP contribution in [0, 0.1) is 6.92 Å². The largest absolute Gasteiger partial charge is 0.411 e. The highest BCUT2D eigenvalue weighted by Crippen LogP contribution is 2.30. The summed E-state index contributed by atoms with van der Waals surface area (Å²) in [5.41, 5.74) is 0.777. The number of thiophene rings is 1. The number of halogens is 4. The lowest BCUT2D eigenvalue weighted by molar-refractivity contribution is -0.173. The van der Waals surface area contributed by atoms with Gasteiger partial charge in [0.15, 0.2) is 0 Å². The van der Waals surface area contributed by atoms with Gasteiger partial charge in [-0.25, -0.2) is 13.1 Å². The van der Waals surface area contributed by atoms with Crippen LogP contribution in [0.5, 0.6) is 0 Å². The lowest BCUT2D eigenvalue weighted by Crippen LogP contribution is -2.28. The highest BCUT2D eigenvalue weighted by atomic mass is 79.9. The van der Waals surface area contributed by atoms with Crippen LogP contribution in [0.4, 0.5) is 13.2 Å². The van der Waals surface area contributed by atoms with Crippen LogP contribution < -0.4 is 4.72 Å². The molecule has 0 amide bonds. The Hall–Kier alpha value is -0.160. The molecule has 19 heavy (non-hydrogen) atoms. The first-order valence-electron chi connectivity index (χ1n) is 5.02. The zero-order chi connectivity index (χ0) is 14.7. The third-order valence-electron chi connectivity index (χ3n) is 1.90. The molecule has 0 aliphatic heterocycles. The first-order valence-corrected chi connectivity index (χ1v) is 8.11. The Bertz CT molecular complexity index is 508. The van der Waals surface area contributed by atoms with E-state index >= 15 is 0 Å². The Morgan fingerprint density at radius 2 is 2.11 bits per heavy atom. The molecule has 0 radical (unpaired) electrons. The molecule has 0 atom stereocenters. The van der Waals surface area contributed by atoms with Gasteiger partial charge in [-0.2, -0.15) is 13.2 Å². The summed E-state index contributed by atoms with van der Waals surface area (Å²) < 4.78 is 66.1. The van der Waals surface area contributed by atoms with Crippen molar-refractivity contribution in [1.29, 1.82) is 0 Å². The van der Waals surface area contributed by atoms with Crippen molar-refractivity contribution >= 4 is 37.3 Å². The Kier molecular flexibility index (Phi) is 5.80. The number of nitrogens with one attached hydrogen (secondary N) is 1. The molecule has 110 valence electrons.